The van der Waals surface area contributed by atoms with E-state index in [0.717, 1.165) is 5.56 Å². The molecule has 0 fully saturated rings. The zero-order valence-electron chi connectivity index (χ0n) is 7.72. The minimum Gasteiger partial charge on any atom is -0.207 e. The van der Waals surface area contributed by atoms with Crippen LogP contribution < -0.4 is 0 Å². The van der Waals surface area contributed by atoms with Gasteiger partial charge in [0, 0.05) is 4.83 Å². The highest BCUT2D eigenvalue weighted by atomic mass is 79.9. The van der Waals surface area contributed by atoms with Crippen LogP contribution in [0, 0.1) is 11.7 Å². The Kier molecular flexibility index (Phi) is 2.18. The molecule has 70 valence electrons. The predicted molar refractivity (Wildman–Crippen MR) is 55.6 cm³/mol. The molecule has 2 rings (SSSR count). The second kappa shape index (κ2) is 3.09. The molecule has 1 aromatic carbocycles. The summed E-state index contributed by atoms with van der Waals surface area (Å²) in [5, 5.41) is 0. The Morgan fingerprint density at radius 2 is 1.92 bits per heavy atom. The zero-order valence-corrected chi connectivity index (χ0v) is 9.31. The third-order valence-electron chi connectivity index (χ3n) is 3.09. The molecule has 1 aromatic rings. The Balaban J connectivity index is 2.54. The van der Waals surface area contributed by atoms with Crippen LogP contribution in [0.5, 0.6) is 0 Å². The first-order valence-corrected chi connectivity index (χ1v) is 5.46. The van der Waals surface area contributed by atoms with Gasteiger partial charge < -0.3 is 0 Å². The van der Waals surface area contributed by atoms with Crippen molar-refractivity contribution in [3.63, 3.8) is 0 Å². The third kappa shape index (κ3) is 1.32. The number of rotatable bonds is 0. The Morgan fingerprint density at radius 3 is 2.62 bits per heavy atom. The van der Waals surface area contributed by atoms with Crippen molar-refractivity contribution in [1.82, 2.24) is 0 Å². The standard InChI is InChI=1S/C11H12BrF/c1-6-7(2)11(12)10-5-8(13)3-4-9(6)10/h3-7,11H,1-2H3. The number of alkyl halides is 1. The summed E-state index contributed by atoms with van der Waals surface area (Å²) in [4.78, 5) is 0.313. The summed E-state index contributed by atoms with van der Waals surface area (Å²) in [5.74, 6) is 0.946. The van der Waals surface area contributed by atoms with E-state index in [4.69, 9.17) is 0 Å². The van der Waals surface area contributed by atoms with Gasteiger partial charge in [-0.25, -0.2) is 4.39 Å². The fraction of sp³-hybridized carbons (Fsp3) is 0.455. The van der Waals surface area contributed by atoms with Crippen molar-refractivity contribution in [2.24, 2.45) is 5.92 Å². The van der Waals surface area contributed by atoms with Gasteiger partial charge in [0.05, 0.1) is 0 Å². The van der Waals surface area contributed by atoms with Crippen molar-refractivity contribution in [1.29, 1.82) is 0 Å². The van der Waals surface area contributed by atoms with Crippen LogP contribution in [0.4, 0.5) is 4.39 Å². The number of fused-ring (bicyclic) bond motifs is 1. The van der Waals surface area contributed by atoms with Crippen LogP contribution in [0.2, 0.25) is 0 Å². The molecule has 3 unspecified atom stereocenters. The molecule has 1 aliphatic carbocycles. The third-order valence-corrected chi connectivity index (χ3v) is 4.41. The average molecular weight is 243 g/mol. The van der Waals surface area contributed by atoms with Crippen LogP contribution >= 0.6 is 15.9 Å². The molecule has 0 spiro atoms. The molecule has 0 saturated heterocycles. The van der Waals surface area contributed by atoms with E-state index >= 15 is 0 Å². The maximum absolute atomic E-state index is 13.0. The lowest BCUT2D eigenvalue weighted by molar-refractivity contribution is 0.528. The molecule has 0 heterocycles. The Morgan fingerprint density at radius 1 is 1.23 bits per heavy atom. The van der Waals surface area contributed by atoms with Gasteiger partial charge in [0.1, 0.15) is 5.82 Å². The summed E-state index contributed by atoms with van der Waals surface area (Å²) in [6, 6.07) is 5.11. The summed E-state index contributed by atoms with van der Waals surface area (Å²) < 4.78 is 13.0. The van der Waals surface area contributed by atoms with E-state index in [1.807, 2.05) is 6.07 Å². The van der Waals surface area contributed by atoms with Gasteiger partial charge in [-0.2, -0.15) is 0 Å². The highest BCUT2D eigenvalue weighted by molar-refractivity contribution is 9.09. The summed E-state index contributed by atoms with van der Waals surface area (Å²) >= 11 is 3.61. The fourth-order valence-electron chi connectivity index (χ4n) is 2.02. The van der Waals surface area contributed by atoms with Gasteiger partial charge in [0.25, 0.3) is 0 Å². The quantitative estimate of drug-likeness (QED) is 0.604. The minimum absolute atomic E-state index is 0.135. The van der Waals surface area contributed by atoms with E-state index in [1.165, 1.54) is 5.56 Å². The van der Waals surface area contributed by atoms with Gasteiger partial charge in [-0.05, 0) is 35.1 Å². The van der Waals surface area contributed by atoms with Crippen LogP contribution in [-0.2, 0) is 0 Å². The monoisotopic (exact) mass is 242 g/mol. The molecule has 0 amide bonds. The molecule has 13 heavy (non-hydrogen) atoms. The maximum atomic E-state index is 13.0. The Labute approximate surface area is 86.3 Å². The number of benzene rings is 1. The normalized spacial score (nSPS) is 31.8. The second-order valence-electron chi connectivity index (χ2n) is 3.82. The molecular formula is C11H12BrF. The van der Waals surface area contributed by atoms with E-state index in [9.17, 15) is 4.39 Å². The number of halogens is 2. The largest absolute Gasteiger partial charge is 0.207 e. The van der Waals surface area contributed by atoms with Crippen molar-refractivity contribution < 1.29 is 4.39 Å². The van der Waals surface area contributed by atoms with E-state index in [1.54, 1.807) is 12.1 Å². The van der Waals surface area contributed by atoms with E-state index in [-0.39, 0.29) is 5.82 Å². The molecule has 0 bridgehead atoms. The van der Waals surface area contributed by atoms with Crippen molar-refractivity contribution in [3.05, 3.63) is 35.1 Å². The van der Waals surface area contributed by atoms with E-state index in [2.05, 4.69) is 29.8 Å². The molecule has 0 saturated carbocycles. The molecule has 0 aliphatic heterocycles. The van der Waals surface area contributed by atoms with Crippen molar-refractivity contribution in [3.8, 4) is 0 Å². The maximum Gasteiger partial charge on any atom is 0.123 e. The Bertz CT molecular complexity index is 335. The first kappa shape index (κ1) is 9.20. The van der Waals surface area contributed by atoms with Crippen LogP contribution in [0.1, 0.15) is 35.7 Å². The number of hydrogen-bond donors (Lipinski definition) is 0. The van der Waals surface area contributed by atoms with Gasteiger partial charge in [-0.3, -0.25) is 0 Å². The van der Waals surface area contributed by atoms with Gasteiger partial charge in [-0.1, -0.05) is 35.8 Å². The molecule has 3 atom stereocenters. The van der Waals surface area contributed by atoms with Gasteiger partial charge >= 0.3 is 0 Å². The first-order chi connectivity index (χ1) is 6.11. The van der Waals surface area contributed by atoms with Gasteiger partial charge in [0.2, 0.25) is 0 Å². The summed E-state index contributed by atoms with van der Waals surface area (Å²) in [6.07, 6.45) is 0. The lowest BCUT2D eigenvalue weighted by Crippen LogP contribution is -1.99. The summed E-state index contributed by atoms with van der Waals surface area (Å²) in [7, 11) is 0. The highest BCUT2D eigenvalue weighted by Crippen LogP contribution is 2.49. The van der Waals surface area contributed by atoms with Gasteiger partial charge in [0.15, 0.2) is 0 Å². The molecule has 0 radical (unpaired) electrons. The Hall–Kier alpha value is -0.370. The van der Waals surface area contributed by atoms with Crippen molar-refractivity contribution in [2.75, 3.05) is 0 Å². The minimum atomic E-state index is -0.135. The number of hydrogen-bond acceptors (Lipinski definition) is 0. The molecule has 0 nitrogen and oxygen atoms in total. The molecule has 1 aliphatic rings. The van der Waals surface area contributed by atoms with Crippen LogP contribution in [0.3, 0.4) is 0 Å². The zero-order chi connectivity index (χ0) is 9.59. The lowest BCUT2D eigenvalue weighted by atomic mass is 9.97. The summed E-state index contributed by atoms with van der Waals surface area (Å²) in [6.45, 7) is 4.39. The second-order valence-corrected chi connectivity index (χ2v) is 4.81. The van der Waals surface area contributed by atoms with E-state index < -0.39 is 0 Å². The van der Waals surface area contributed by atoms with Gasteiger partial charge in [-0.15, -0.1) is 0 Å². The molecule has 0 N–H and O–H groups in total. The topological polar surface area (TPSA) is 0 Å². The van der Waals surface area contributed by atoms with Crippen LogP contribution in [0.15, 0.2) is 18.2 Å². The SMILES string of the molecule is CC1c2ccc(F)cc2C(Br)C1C. The molecule has 2 heteroatoms. The van der Waals surface area contributed by atoms with Crippen LogP contribution in [0.25, 0.3) is 0 Å². The average Bonchev–Trinajstić information content (AvgIpc) is 2.32. The van der Waals surface area contributed by atoms with Crippen LogP contribution in [-0.4, -0.2) is 0 Å². The summed E-state index contributed by atoms with van der Waals surface area (Å²) in [5.41, 5.74) is 2.41. The molecule has 0 aromatic heterocycles. The first-order valence-electron chi connectivity index (χ1n) is 4.54. The van der Waals surface area contributed by atoms with Crippen molar-refractivity contribution >= 4 is 15.9 Å². The lowest BCUT2D eigenvalue weighted by Gasteiger charge is -2.11. The predicted octanol–water partition coefficient (Wildman–Crippen LogP) is 4.01. The van der Waals surface area contributed by atoms with Crippen molar-refractivity contribution in [2.45, 2.75) is 24.6 Å². The van der Waals surface area contributed by atoms with E-state index in [0.29, 0.717) is 16.7 Å². The smallest absolute Gasteiger partial charge is 0.123 e. The molecular weight excluding hydrogens is 231 g/mol. The fourth-order valence-corrected chi connectivity index (χ4v) is 2.87. The highest BCUT2D eigenvalue weighted by Gasteiger charge is 2.33.